The molecule has 0 aliphatic heterocycles. The van der Waals surface area contributed by atoms with Crippen LogP contribution in [0.5, 0.6) is 0 Å². The van der Waals surface area contributed by atoms with Gasteiger partial charge in [-0.05, 0) is 29.8 Å². The molecule has 0 radical (unpaired) electrons. The van der Waals surface area contributed by atoms with Crippen molar-refractivity contribution in [1.82, 2.24) is 4.68 Å². The number of halogens is 2. The minimum Gasteiger partial charge on any atom is -0.457 e. The van der Waals surface area contributed by atoms with Gasteiger partial charge in [0.2, 0.25) is 0 Å². The second kappa shape index (κ2) is 6.95. The summed E-state index contributed by atoms with van der Waals surface area (Å²) in [6.07, 6.45) is 3.19. The monoisotopic (exact) mass is 308 g/mol. The van der Waals surface area contributed by atoms with Gasteiger partial charge in [-0.1, -0.05) is 30.3 Å². The molecule has 0 atom stereocenters. The van der Waals surface area contributed by atoms with E-state index >= 15 is 0 Å². The van der Waals surface area contributed by atoms with Crippen molar-refractivity contribution in [2.45, 2.75) is 6.54 Å². The van der Waals surface area contributed by atoms with Gasteiger partial charge in [-0.2, -0.15) is 0 Å². The second-order valence-corrected chi connectivity index (χ2v) is 4.64. The predicted octanol–water partition coefficient (Wildman–Crippen LogP) is 3.37. The molecule has 0 amide bonds. The summed E-state index contributed by atoms with van der Waals surface area (Å²) in [5.74, 6) is -0.917. The third kappa shape index (κ3) is 3.86. The first-order valence-electron chi connectivity index (χ1n) is 6.25. The average Bonchev–Trinajstić information content (AvgIpc) is 2.94. The van der Waals surface area contributed by atoms with Crippen molar-refractivity contribution in [1.29, 1.82) is 0 Å². The Balaban J connectivity index is 2.03. The van der Waals surface area contributed by atoms with Gasteiger partial charge in [-0.25, -0.2) is 9.18 Å². The summed E-state index contributed by atoms with van der Waals surface area (Å²) >= 11 is 5.72. The highest BCUT2D eigenvalue weighted by atomic mass is 35.5. The molecule has 0 bridgehead atoms. The molecule has 0 aliphatic rings. The molecule has 2 rings (SSSR count). The number of carbonyl (C=O) groups is 1. The summed E-state index contributed by atoms with van der Waals surface area (Å²) < 4.78 is 19.6. The Bertz CT molecular complexity index is 655. The molecule has 0 spiro atoms. The lowest BCUT2D eigenvalue weighted by Crippen LogP contribution is -2.20. The van der Waals surface area contributed by atoms with Gasteiger partial charge < -0.3 is 10.2 Å². The van der Waals surface area contributed by atoms with Crippen LogP contribution < -0.4 is 5.43 Å². The number of aromatic nitrogens is 1. The molecule has 0 saturated heterocycles. The largest absolute Gasteiger partial charge is 0.457 e. The van der Waals surface area contributed by atoms with Crippen molar-refractivity contribution in [2.24, 2.45) is 0 Å². The minimum absolute atomic E-state index is 0.0624. The standard InChI is InChI=1S/C15H14ClFN2O2/c1-2-8-21-15(20)14-4-3-7-19(14)18-10-11-5-6-13(17)12(16)9-11/h2-7,9,18H,1,8,10H2. The number of nitrogens with one attached hydrogen (secondary N) is 1. The minimum atomic E-state index is -0.463. The molecule has 1 aromatic carbocycles. The quantitative estimate of drug-likeness (QED) is 0.657. The number of hydrogen-bond donors (Lipinski definition) is 1. The number of hydrogen-bond acceptors (Lipinski definition) is 3. The SMILES string of the molecule is C=CCOC(=O)c1cccn1NCc1ccc(F)c(Cl)c1. The second-order valence-electron chi connectivity index (χ2n) is 4.23. The van der Waals surface area contributed by atoms with Crippen LogP contribution in [-0.4, -0.2) is 17.3 Å². The third-order valence-electron chi connectivity index (χ3n) is 2.73. The topological polar surface area (TPSA) is 43.3 Å². The van der Waals surface area contributed by atoms with Gasteiger partial charge in [0.15, 0.2) is 0 Å². The lowest BCUT2D eigenvalue weighted by Gasteiger charge is -2.11. The molecule has 0 saturated carbocycles. The van der Waals surface area contributed by atoms with Gasteiger partial charge >= 0.3 is 5.97 Å². The Hall–Kier alpha value is -2.27. The van der Waals surface area contributed by atoms with Crippen LogP contribution in [-0.2, 0) is 11.3 Å². The van der Waals surface area contributed by atoms with Crippen molar-refractivity contribution in [3.05, 3.63) is 71.3 Å². The molecule has 0 aliphatic carbocycles. The fourth-order valence-corrected chi connectivity index (χ4v) is 1.92. The van der Waals surface area contributed by atoms with Crippen LogP contribution in [0.3, 0.4) is 0 Å². The molecule has 1 N–H and O–H groups in total. The average molecular weight is 309 g/mol. The molecule has 6 heteroatoms. The van der Waals surface area contributed by atoms with E-state index in [-0.39, 0.29) is 11.6 Å². The van der Waals surface area contributed by atoms with Crippen LogP contribution in [0.15, 0.2) is 49.2 Å². The van der Waals surface area contributed by atoms with Crippen molar-refractivity contribution in [2.75, 3.05) is 12.0 Å². The first-order valence-corrected chi connectivity index (χ1v) is 6.63. The molecular formula is C15H14ClFN2O2. The maximum absolute atomic E-state index is 13.1. The van der Waals surface area contributed by atoms with E-state index in [0.717, 1.165) is 5.56 Å². The number of nitrogens with zero attached hydrogens (tertiary/aromatic N) is 1. The highest BCUT2D eigenvalue weighted by molar-refractivity contribution is 6.30. The number of rotatable bonds is 6. The van der Waals surface area contributed by atoms with Gasteiger partial charge in [-0.3, -0.25) is 4.68 Å². The van der Waals surface area contributed by atoms with Crippen LogP contribution in [0.25, 0.3) is 0 Å². The summed E-state index contributed by atoms with van der Waals surface area (Å²) in [5, 5.41) is 0.0624. The maximum Gasteiger partial charge on any atom is 0.357 e. The van der Waals surface area contributed by atoms with Crippen molar-refractivity contribution < 1.29 is 13.9 Å². The summed E-state index contributed by atoms with van der Waals surface area (Å²) in [6, 6.07) is 7.80. The molecule has 2 aromatic rings. The fourth-order valence-electron chi connectivity index (χ4n) is 1.72. The molecule has 1 heterocycles. The number of esters is 1. The van der Waals surface area contributed by atoms with E-state index in [0.29, 0.717) is 12.2 Å². The Morgan fingerprint density at radius 1 is 1.48 bits per heavy atom. The molecule has 4 nitrogen and oxygen atoms in total. The third-order valence-corrected chi connectivity index (χ3v) is 3.02. The van der Waals surface area contributed by atoms with E-state index in [2.05, 4.69) is 12.0 Å². The Morgan fingerprint density at radius 2 is 2.29 bits per heavy atom. The van der Waals surface area contributed by atoms with Crippen LogP contribution in [0.2, 0.25) is 5.02 Å². The van der Waals surface area contributed by atoms with Crippen molar-refractivity contribution in [3.8, 4) is 0 Å². The van der Waals surface area contributed by atoms with Crippen LogP contribution in [0.1, 0.15) is 16.1 Å². The zero-order chi connectivity index (χ0) is 15.2. The summed E-state index contributed by atoms with van der Waals surface area (Å²) in [6.45, 7) is 4.02. The van der Waals surface area contributed by atoms with E-state index in [1.54, 1.807) is 29.1 Å². The first-order chi connectivity index (χ1) is 10.1. The molecule has 1 aromatic heterocycles. The molecule has 0 unspecified atom stereocenters. The molecular weight excluding hydrogens is 295 g/mol. The summed E-state index contributed by atoms with van der Waals surface area (Å²) in [5.41, 5.74) is 4.18. The van der Waals surface area contributed by atoms with Gasteiger partial charge in [0, 0.05) is 6.20 Å². The van der Waals surface area contributed by atoms with Gasteiger partial charge in [-0.15, -0.1) is 0 Å². The molecule has 110 valence electrons. The van der Waals surface area contributed by atoms with Crippen LogP contribution in [0.4, 0.5) is 4.39 Å². The lowest BCUT2D eigenvalue weighted by molar-refractivity contribution is 0.0539. The smallest absolute Gasteiger partial charge is 0.357 e. The number of carbonyl (C=O) groups excluding carboxylic acids is 1. The van der Waals surface area contributed by atoms with E-state index in [1.165, 1.54) is 18.2 Å². The first kappa shape index (κ1) is 15.1. The Morgan fingerprint density at radius 3 is 3.00 bits per heavy atom. The van der Waals surface area contributed by atoms with Crippen LogP contribution >= 0.6 is 11.6 Å². The maximum atomic E-state index is 13.1. The number of benzene rings is 1. The molecule has 21 heavy (non-hydrogen) atoms. The predicted molar refractivity (Wildman–Crippen MR) is 79.4 cm³/mol. The zero-order valence-corrected chi connectivity index (χ0v) is 11.9. The van der Waals surface area contributed by atoms with Crippen molar-refractivity contribution >= 4 is 17.6 Å². The normalized spacial score (nSPS) is 10.2. The van der Waals surface area contributed by atoms with Gasteiger partial charge in [0.25, 0.3) is 0 Å². The van der Waals surface area contributed by atoms with E-state index < -0.39 is 11.8 Å². The Kier molecular flexibility index (Phi) is 5.00. The Labute approximate surface area is 126 Å². The summed E-state index contributed by atoms with van der Waals surface area (Å²) in [4.78, 5) is 11.8. The fraction of sp³-hybridized carbons (Fsp3) is 0.133. The lowest BCUT2D eigenvalue weighted by atomic mass is 10.2. The van der Waals surface area contributed by atoms with Gasteiger partial charge in [0.05, 0.1) is 11.6 Å². The van der Waals surface area contributed by atoms with Gasteiger partial charge in [0.1, 0.15) is 18.1 Å². The number of ether oxygens (including phenoxy) is 1. The van der Waals surface area contributed by atoms with Crippen molar-refractivity contribution in [3.63, 3.8) is 0 Å². The van der Waals surface area contributed by atoms with E-state index in [1.807, 2.05) is 0 Å². The van der Waals surface area contributed by atoms with E-state index in [4.69, 9.17) is 16.3 Å². The zero-order valence-electron chi connectivity index (χ0n) is 11.2. The van der Waals surface area contributed by atoms with Crippen LogP contribution in [0, 0.1) is 5.82 Å². The van der Waals surface area contributed by atoms with E-state index in [9.17, 15) is 9.18 Å². The highest BCUT2D eigenvalue weighted by Gasteiger charge is 2.11. The highest BCUT2D eigenvalue weighted by Crippen LogP contribution is 2.16. The molecule has 0 fully saturated rings. The summed E-state index contributed by atoms with van der Waals surface area (Å²) in [7, 11) is 0.